The van der Waals surface area contributed by atoms with Gasteiger partial charge in [-0.3, -0.25) is 9.69 Å². The molecule has 0 aromatic heterocycles. The van der Waals surface area contributed by atoms with Crippen LogP contribution in [0.2, 0.25) is 0 Å². The van der Waals surface area contributed by atoms with Crippen LogP contribution in [-0.2, 0) is 13.0 Å². The van der Waals surface area contributed by atoms with Gasteiger partial charge in [0.25, 0.3) is 5.91 Å². The van der Waals surface area contributed by atoms with E-state index < -0.39 is 0 Å². The molecular weight excluding hydrogens is 340 g/mol. The van der Waals surface area contributed by atoms with Crippen LogP contribution in [-0.4, -0.2) is 43.7 Å². The van der Waals surface area contributed by atoms with Gasteiger partial charge < -0.3 is 14.8 Å². The van der Waals surface area contributed by atoms with E-state index in [9.17, 15) is 4.79 Å². The molecule has 0 fully saturated rings. The van der Waals surface area contributed by atoms with Crippen molar-refractivity contribution in [1.82, 2.24) is 10.2 Å². The summed E-state index contributed by atoms with van der Waals surface area (Å²) in [5.74, 6) is 1.06. The maximum absolute atomic E-state index is 12.6. The fourth-order valence-electron chi connectivity index (χ4n) is 3.50. The summed E-state index contributed by atoms with van der Waals surface area (Å²) in [6, 6.07) is 13.8. The van der Waals surface area contributed by atoms with Gasteiger partial charge in [0, 0.05) is 30.7 Å². The molecule has 0 saturated heterocycles. The van der Waals surface area contributed by atoms with Crippen molar-refractivity contribution in [3.63, 3.8) is 0 Å². The number of hydrogen-bond donors (Lipinski definition) is 1. The van der Waals surface area contributed by atoms with Crippen LogP contribution in [0.15, 0.2) is 42.5 Å². The van der Waals surface area contributed by atoms with Crippen LogP contribution in [0.25, 0.3) is 0 Å². The monoisotopic (exact) mass is 368 g/mol. The van der Waals surface area contributed by atoms with Gasteiger partial charge in [-0.25, -0.2) is 0 Å². The Morgan fingerprint density at radius 3 is 2.48 bits per heavy atom. The van der Waals surface area contributed by atoms with Gasteiger partial charge in [0.15, 0.2) is 11.5 Å². The van der Waals surface area contributed by atoms with Crippen molar-refractivity contribution in [2.75, 3.05) is 27.3 Å². The van der Waals surface area contributed by atoms with Gasteiger partial charge in [-0.05, 0) is 49.6 Å². The molecule has 1 aliphatic rings. The van der Waals surface area contributed by atoms with E-state index in [0.717, 1.165) is 19.5 Å². The van der Waals surface area contributed by atoms with Crippen LogP contribution < -0.4 is 14.8 Å². The van der Waals surface area contributed by atoms with Crippen molar-refractivity contribution >= 4 is 5.91 Å². The zero-order chi connectivity index (χ0) is 19.4. The Morgan fingerprint density at radius 2 is 1.78 bits per heavy atom. The van der Waals surface area contributed by atoms with Gasteiger partial charge in [-0.1, -0.05) is 24.3 Å². The fourth-order valence-corrected chi connectivity index (χ4v) is 3.50. The van der Waals surface area contributed by atoms with E-state index in [2.05, 4.69) is 48.3 Å². The van der Waals surface area contributed by atoms with Gasteiger partial charge in [0.1, 0.15) is 0 Å². The Labute approximate surface area is 161 Å². The number of nitrogens with zero attached hydrogens (tertiary/aromatic N) is 1. The standard InChI is InChI=1S/C22H28N2O3/c1-22(2,24-12-11-16-7-5-6-8-18(16)14-24)15-23-21(25)17-9-10-19(26-3)20(13-17)27-4/h5-10,13H,11-12,14-15H2,1-4H3,(H,23,25). The van der Waals surface area contributed by atoms with Gasteiger partial charge in [0.2, 0.25) is 0 Å². The fraction of sp³-hybridized carbons (Fsp3) is 0.409. The summed E-state index contributed by atoms with van der Waals surface area (Å²) in [6.45, 7) is 6.83. The molecule has 2 aromatic carbocycles. The third-order valence-corrected chi connectivity index (χ3v) is 5.31. The number of hydrogen-bond acceptors (Lipinski definition) is 4. The third kappa shape index (κ3) is 4.25. The van der Waals surface area contributed by atoms with Crippen molar-refractivity contribution in [1.29, 1.82) is 0 Å². The lowest BCUT2D eigenvalue weighted by atomic mass is 9.94. The second-order valence-corrected chi connectivity index (χ2v) is 7.51. The van der Waals surface area contributed by atoms with Crippen LogP contribution in [0.4, 0.5) is 0 Å². The van der Waals surface area contributed by atoms with Crippen LogP contribution >= 0.6 is 0 Å². The van der Waals surface area contributed by atoms with Crippen molar-refractivity contribution in [3.05, 3.63) is 59.2 Å². The highest BCUT2D eigenvalue weighted by atomic mass is 16.5. The first-order valence-corrected chi connectivity index (χ1v) is 9.26. The van der Waals surface area contributed by atoms with Crippen molar-refractivity contribution in [2.24, 2.45) is 0 Å². The highest BCUT2D eigenvalue weighted by Crippen LogP contribution is 2.28. The normalized spacial score (nSPS) is 14.4. The lowest BCUT2D eigenvalue weighted by molar-refractivity contribution is 0.0826. The summed E-state index contributed by atoms with van der Waals surface area (Å²) < 4.78 is 10.5. The van der Waals surface area contributed by atoms with E-state index in [4.69, 9.17) is 9.47 Å². The number of benzene rings is 2. The van der Waals surface area contributed by atoms with Crippen molar-refractivity contribution in [3.8, 4) is 11.5 Å². The van der Waals surface area contributed by atoms with Crippen molar-refractivity contribution in [2.45, 2.75) is 32.4 Å². The minimum Gasteiger partial charge on any atom is -0.493 e. The molecule has 5 heteroatoms. The second-order valence-electron chi connectivity index (χ2n) is 7.51. The predicted octanol–water partition coefficient (Wildman–Crippen LogP) is 3.27. The Hall–Kier alpha value is -2.53. The SMILES string of the molecule is COc1ccc(C(=O)NCC(C)(C)N2CCc3ccccc3C2)cc1OC. The highest BCUT2D eigenvalue weighted by Gasteiger charge is 2.30. The molecule has 1 N–H and O–H groups in total. The van der Waals surface area contributed by atoms with Gasteiger partial charge in [0.05, 0.1) is 14.2 Å². The Kier molecular flexibility index (Phi) is 5.71. The molecule has 0 atom stereocenters. The third-order valence-electron chi connectivity index (χ3n) is 5.31. The van der Waals surface area contributed by atoms with E-state index >= 15 is 0 Å². The minimum absolute atomic E-state index is 0.110. The molecule has 2 aromatic rings. The lowest BCUT2D eigenvalue weighted by Crippen LogP contribution is -2.53. The van der Waals surface area contributed by atoms with E-state index in [-0.39, 0.29) is 11.4 Å². The average Bonchev–Trinajstić information content (AvgIpc) is 2.71. The van der Waals surface area contributed by atoms with Gasteiger partial charge >= 0.3 is 0 Å². The number of ether oxygens (including phenoxy) is 2. The van der Waals surface area contributed by atoms with E-state index in [1.54, 1.807) is 32.4 Å². The van der Waals surface area contributed by atoms with Crippen LogP contribution in [0.3, 0.4) is 0 Å². The molecule has 27 heavy (non-hydrogen) atoms. The van der Waals surface area contributed by atoms with E-state index in [0.29, 0.717) is 23.6 Å². The quantitative estimate of drug-likeness (QED) is 0.850. The molecule has 144 valence electrons. The summed E-state index contributed by atoms with van der Waals surface area (Å²) in [5.41, 5.74) is 3.23. The second kappa shape index (κ2) is 8.01. The van der Waals surface area contributed by atoms with Crippen LogP contribution in [0.1, 0.15) is 35.3 Å². The summed E-state index contributed by atoms with van der Waals surface area (Å²) in [5, 5.41) is 3.07. The highest BCUT2D eigenvalue weighted by molar-refractivity contribution is 5.94. The molecule has 0 aliphatic carbocycles. The largest absolute Gasteiger partial charge is 0.493 e. The number of carbonyl (C=O) groups is 1. The number of methoxy groups -OCH3 is 2. The molecule has 1 heterocycles. The number of fused-ring (bicyclic) bond motifs is 1. The molecule has 5 nitrogen and oxygen atoms in total. The summed E-state index contributed by atoms with van der Waals surface area (Å²) in [7, 11) is 3.15. The maximum atomic E-state index is 12.6. The first-order valence-electron chi connectivity index (χ1n) is 9.26. The molecule has 0 unspecified atom stereocenters. The summed E-state index contributed by atoms with van der Waals surface area (Å²) in [4.78, 5) is 15.0. The molecule has 1 amide bonds. The van der Waals surface area contributed by atoms with Gasteiger partial charge in [-0.15, -0.1) is 0 Å². The van der Waals surface area contributed by atoms with Gasteiger partial charge in [-0.2, -0.15) is 0 Å². The number of rotatable bonds is 6. The zero-order valence-electron chi connectivity index (χ0n) is 16.5. The predicted molar refractivity (Wildman–Crippen MR) is 107 cm³/mol. The van der Waals surface area contributed by atoms with Crippen molar-refractivity contribution < 1.29 is 14.3 Å². The number of nitrogens with one attached hydrogen (secondary N) is 1. The smallest absolute Gasteiger partial charge is 0.251 e. The summed E-state index contributed by atoms with van der Waals surface area (Å²) >= 11 is 0. The van der Waals surface area contributed by atoms with E-state index in [1.807, 2.05) is 0 Å². The first-order chi connectivity index (χ1) is 12.9. The molecule has 0 bridgehead atoms. The molecule has 0 saturated carbocycles. The Morgan fingerprint density at radius 1 is 1.07 bits per heavy atom. The number of carbonyl (C=O) groups excluding carboxylic acids is 1. The molecule has 1 aliphatic heterocycles. The molecular formula is C22H28N2O3. The van der Waals surface area contributed by atoms with E-state index in [1.165, 1.54) is 11.1 Å². The first kappa shape index (κ1) is 19.2. The lowest BCUT2D eigenvalue weighted by Gasteiger charge is -2.41. The number of amides is 1. The molecule has 0 radical (unpaired) electrons. The van der Waals surface area contributed by atoms with Crippen LogP contribution in [0.5, 0.6) is 11.5 Å². The topological polar surface area (TPSA) is 50.8 Å². The molecule has 3 rings (SSSR count). The maximum Gasteiger partial charge on any atom is 0.251 e. The summed E-state index contributed by atoms with van der Waals surface area (Å²) in [6.07, 6.45) is 1.04. The Balaban J connectivity index is 1.64. The molecule has 0 spiro atoms. The Bertz CT molecular complexity index is 817. The minimum atomic E-state index is -0.139. The average molecular weight is 368 g/mol. The zero-order valence-corrected chi connectivity index (χ0v) is 16.5. The van der Waals surface area contributed by atoms with Crippen LogP contribution in [0, 0.1) is 0 Å².